The summed E-state index contributed by atoms with van der Waals surface area (Å²) in [6, 6.07) is 9.17. The number of piperazine rings is 1. The highest BCUT2D eigenvalue weighted by Crippen LogP contribution is 2.34. The Labute approximate surface area is 152 Å². The van der Waals surface area contributed by atoms with Crippen molar-refractivity contribution >= 4 is 17.4 Å². The van der Waals surface area contributed by atoms with Crippen LogP contribution < -0.4 is 14.8 Å². The Hall–Kier alpha value is -2.80. The number of amides is 1. The van der Waals surface area contributed by atoms with Gasteiger partial charge in [-0.25, -0.2) is 4.98 Å². The summed E-state index contributed by atoms with van der Waals surface area (Å²) in [6.45, 7) is 6.80. The molecular weight excluding hydrogens is 332 g/mol. The van der Waals surface area contributed by atoms with Crippen LogP contribution in [-0.4, -0.2) is 60.2 Å². The number of carbonyl (C=O) groups is 1. The van der Waals surface area contributed by atoms with Crippen molar-refractivity contribution in [1.29, 1.82) is 0 Å². The highest BCUT2D eigenvalue weighted by molar-refractivity contribution is 5.95. The van der Waals surface area contributed by atoms with Crippen LogP contribution in [0.5, 0.6) is 11.5 Å². The number of nitrogens with one attached hydrogen (secondary N) is 1. The maximum absolute atomic E-state index is 12.8. The number of benzene rings is 1. The van der Waals surface area contributed by atoms with E-state index in [1.807, 2.05) is 23.1 Å². The second-order valence-electron chi connectivity index (χ2n) is 6.35. The number of pyridine rings is 1. The Morgan fingerprint density at radius 1 is 1.12 bits per heavy atom. The summed E-state index contributed by atoms with van der Waals surface area (Å²) in [4.78, 5) is 21.3. The first kappa shape index (κ1) is 16.7. The fourth-order valence-electron chi connectivity index (χ4n) is 3.20. The van der Waals surface area contributed by atoms with Gasteiger partial charge in [-0.1, -0.05) is 6.92 Å². The molecular formula is C19H22N4O3. The van der Waals surface area contributed by atoms with E-state index in [4.69, 9.17) is 9.47 Å². The number of fused-ring (bicyclic) bond motifs is 1. The lowest BCUT2D eigenvalue weighted by Crippen LogP contribution is -2.48. The second kappa shape index (κ2) is 7.21. The fraction of sp³-hybridized carbons (Fsp3) is 0.368. The normalized spacial score (nSPS) is 16.6. The zero-order valence-electron chi connectivity index (χ0n) is 14.8. The molecule has 7 nitrogen and oxygen atoms in total. The molecule has 0 aliphatic carbocycles. The molecule has 1 amide bonds. The lowest BCUT2D eigenvalue weighted by Gasteiger charge is -2.34. The van der Waals surface area contributed by atoms with Gasteiger partial charge in [0, 0.05) is 49.7 Å². The highest BCUT2D eigenvalue weighted by Gasteiger charge is 2.21. The number of likely N-dealkylation sites (N-methyl/N-ethyl adjacent to an activating group) is 1. The van der Waals surface area contributed by atoms with Gasteiger partial charge in [0.15, 0.2) is 11.5 Å². The van der Waals surface area contributed by atoms with Crippen LogP contribution in [0.2, 0.25) is 0 Å². The van der Waals surface area contributed by atoms with Gasteiger partial charge in [-0.3, -0.25) is 4.79 Å². The monoisotopic (exact) mass is 354 g/mol. The van der Waals surface area contributed by atoms with E-state index >= 15 is 0 Å². The molecule has 136 valence electrons. The summed E-state index contributed by atoms with van der Waals surface area (Å²) < 4.78 is 10.7. The summed E-state index contributed by atoms with van der Waals surface area (Å²) in [5.41, 5.74) is 1.48. The predicted octanol–water partition coefficient (Wildman–Crippen LogP) is 2.33. The lowest BCUT2D eigenvalue weighted by molar-refractivity contribution is 0.0643. The Morgan fingerprint density at radius 3 is 2.73 bits per heavy atom. The van der Waals surface area contributed by atoms with Crippen molar-refractivity contribution in [2.75, 3.05) is 44.8 Å². The molecule has 0 spiro atoms. The van der Waals surface area contributed by atoms with Crippen molar-refractivity contribution in [1.82, 2.24) is 14.8 Å². The fourth-order valence-corrected chi connectivity index (χ4v) is 3.20. The van der Waals surface area contributed by atoms with Crippen LogP contribution >= 0.6 is 0 Å². The van der Waals surface area contributed by atoms with E-state index in [2.05, 4.69) is 22.1 Å². The Kier molecular flexibility index (Phi) is 4.62. The standard InChI is InChI=1S/C19H22N4O3/c1-2-22-7-9-23(10-8-22)19(24)14-5-6-20-18(11-14)21-15-3-4-16-17(12-15)26-13-25-16/h3-6,11-12H,2,7-10,13H2,1H3,(H,20,21). The Bertz CT molecular complexity index is 803. The van der Waals surface area contributed by atoms with E-state index in [1.165, 1.54) is 0 Å². The summed E-state index contributed by atoms with van der Waals surface area (Å²) >= 11 is 0. The van der Waals surface area contributed by atoms with Gasteiger partial charge in [-0.15, -0.1) is 0 Å². The van der Waals surface area contributed by atoms with Crippen LogP contribution in [0, 0.1) is 0 Å². The zero-order valence-corrected chi connectivity index (χ0v) is 14.8. The third-order valence-corrected chi connectivity index (χ3v) is 4.76. The maximum atomic E-state index is 12.8. The summed E-state index contributed by atoms with van der Waals surface area (Å²) in [7, 11) is 0. The number of nitrogens with zero attached hydrogens (tertiary/aromatic N) is 3. The molecule has 0 unspecified atom stereocenters. The van der Waals surface area contributed by atoms with Gasteiger partial charge < -0.3 is 24.6 Å². The molecule has 0 saturated carbocycles. The largest absolute Gasteiger partial charge is 0.454 e. The van der Waals surface area contributed by atoms with Crippen LogP contribution in [0.25, 0.3) is 0 Å². The first-order valence-corrected chi connectivity index (χ1v) is 8.87. The zero-order chi connectivity index (χ0) is 17.9. The molecule has 0 radical (unpaired) electrons. The Morgan fingerprint density at radius 2 is 1.92 bits per heavy atom. The van der Waals surface area contributed by atoms with Gasteiger partial charge in [-0.2, -0.15) is 0 Å². The number of hydrogen-bond donors (Lipinski definition) is 1. The lowest BCUT2D eigenvalue weighted by atomic mass is 10.2. The minimum atomic E-state index is 0.0527. The predicted molar refractivity (Wildman–Crippen MR) is 98.1 cm³/mol. The topological polar surface area (TPSA) is 66.9 Å². The van der Waals surface area contributed by atoms with E-state index in [-0.39, 0.29) is 12.7 Å². The van der Waals surface area contributed by atoms with Crippen molar-refractivity contribution in [2.45, 2.75) is 6.92 Å². The average molecular weight is 354 g/mol. The van der Waals surface area contributed by atoms with Gasteiger partial charge >= 0.3 is 0 Å². The molecule has 1 N–H and O–H groups in total. The third kappa shape index (κ3) is 3.43. The van der Waals surface area contributed by atoms with E-state index in [9.17, 15) is 4.79 Å². The van der Waals surface area contributed by atoms with Gasteiger partial charge in [0.2, 0.25) is 6.79 Å². The molecule has 2 aliphatic heterocycles. The van der Waals surface area contributed by atoms with Crippen LogP contribution in [0.15, 0.2) is 36.5 Å². The van der Waals surface area contributed by atoms with Crippen LogP contribution in [0.4, 0.5) is 11.5 Å². The molecule has 2 aliphatic rings. The van der Waals surface area contributed by atoms with E-state index in [0.29, 0.717) is 17.1 Å². The van der Waals surface area contributed by atoms with E-state index in [1.54, 1.807) is 18.3 Å². The number of anilines is 2. The molecule has 1 aromatic carbocycles. The van der Waals surface area contributed by atoms with Gasteiger partial charge in [0.1, 0.15) is 5.82 Å². The van der Waals surface area contributed by atoms with Gasteiger partial charge in [0.25, 0.3) is 5.91 Å². The molecule has 0 bridgehead atoms. The molecule has 4 rings (SSSR count). The number of ether oxygens (including phenoxy) is 2. The smallest absolute Gasteiger partial charge is 0.254 e. The first-order chi connectivity index (χ1) is 12.7. The van der Waals surface area contributed by atoms with Crippen molar-refractivity contribution in [3.63, 3.8) is 0 Å². The highest BCUT2D eigenvalue weighted by atomic mass is 16.7. The first-order valence-electron chi connectivity index (χ1n) is 8.87. The third-order valence-electron chi connectivity index (χ3n) is 4.76. The SMILES string of the molecule is CCN1CCN(C(=O)c2ccnc(Nc3ccc4c(c3)OCO4)c2)CC1. The van der Waals surface area contributed by atoms with E-state index < -0.39 is 0 Å². The molecule has 0 atom stereocenters. The minimum Gasteiger partial charge on any atom is -0.454 e. The molecule has 1 aromatic heterocycles. The van der Waals surface area contributed by atoms with Gasteiger partial charge in [0.05, 0.1) is 0 Å². The van der Waals surface area contributed by atoms with Gasteiger partial charge in [-0.05, 0) is 30.8 Å². The van der Waals surface area contributed by atoms with Crippen molar-refractivity contribution in [3.05, 3.63) is 42.1 Å². The summed E-state index contributed by atoms with van der Waals surface area (Å²) in [5, 5.41) is 3.22. The maximum Gasteiger partial charge on any atom is 0.254 e. The number of carbonyl (C=O) groups excluding carboxylic acids is 1. The Balaban J connectivity index is 1.45. The number of hydrogen-bond acceptors (Lipinski definition) is 6. The van der Waals surface area contributed by atoms with Crippen LogP contribution in [-0.2, 0) is 0 Å². The summed E-state index contributed by atoms with van der Waals surface area (Å²) in [6.07, 6.45) is 1.66. The molecule has 1 fully saturated rings. The molecule has 2 aromatic rings. The van der Waals surface area contributed by atoms with Crippen molar-refractivity contribution in [2.24, 2.45) is 0 Å². The summed E-state index contributed by atoms with van der Waals surface area (Å²) in [5.74, 6) is 2.12. The van der Waals surface area contributed by atoms with Crippen molar-refractivity contribution < 1.29 is 14.3 Å². The second-order valence-corrected chi connectivity index (χ2v) is 6.35. The van der Waals surface area contributed by atoms with Crippen molar-refractivity contribution in [3.8, 4) is 11.5 Å². The van der Waals surface area contributed by atoms with Crippen LogP contribution in [0.1, 0.15) is 17.3 Å². The molecule has 3 heterocycles. The number of rotatable bonds is 4. The molecule has 26 heavy (non-hydrogen) atoms. The van der Waals surface area contributed by atoms with E-state index in [0.717, 1.165) is 44.2 Å². The molecule has 7 heteroatoms. The minimum absolute atomic E-state index is 0.0527. The average Bonchev–Trinajstić information content (AvgIpc) is 3.15. The molecule has 1 saturated heterocycles. The quantitative estimate of drug-likeness (QED) is 0.909. The van der Waals surface area contributed by atoms with Crippen LogP contribution in [0.3, 0.4) is 0 Å². The number of aromatic nitrogens is 1.